The number of nitriles is 1. The summed E-state index contributed by atoms with van der Waals surface area (Å²) in [7, 11) is 0. The standard InChI is InChI=1S/C22H24N8OS/c1-14(2)26-18-11-19(27-16-5-3-15(12-23)4-6-16)25-13-17(18)20-28-29-21(32-20)22(31)30-9-7-24-8-10-30/h3-6,11,13-14,24H,7-10H2,1-2H3,(H2,25,26,27). The maximum atomic E-state index is 12.8. The van der Waals surface area contributed by atoms with Gasteiger partial charge in [0.25, 0.3) is 5.91 Å². The fourth-order valence-corrected chi connectivity index (χ4v) is 4.16. The fourth-order valence-electron chi connectivity index (χ4n) is 3.32. The highest BCUT2D eigenvalue weighted by Gasteiger charge is 2.23. The first-order valence-electron chi connectivity index (χ1n) is 10.4. The summed E-state index contributed by atoms with van der Waals surface area (Å²) in [6.07, 6.45) is 1.73. The van der Waals surface area contributed by atoms with Crippen molar-refractivity contribution in [3.8, 4) is 16.6 Å². The average Bonchev–Trinajstić information content (AvgIpc) is 3.29. The molecule has 0 spiro atoms. The third-order valence-corrected chi connectivity index (χ3v) is 5.82. The van der Waals surface area contributed by atoms with Crippen molar-refractivity contribution in [2.45, 2.75) is 19.9 Å². The van der Waals surface area contributed by atoms with Gasteiger partial charge in [-0.3, -0.25) is 4.79 Å². The Hall–Kier alpha value is -3.55. The van der Waals surface area contributed by atoms with Gasteiger partial charge in [0.05, 0.1) is 17.2 Å². The van der Waals surface area contributed by atoms with Crippen molar-refractivity contribution < 1.29 is 4.79 Å². The van der Waals surface area contributed by atoms with Gasteiger partial charge in [0.1, 0.15) is 5.82 Å². The maximum absolute atomic E-state index is 12.8. The van der Waals surface area contributed by atoms with Crippen molar-refractivity contribution in [2.75, 3.05) is 36.8 Å². The van der Waals surface area contributed by atoms with Gasteiger partial charge >= 0.3 is 0 Å². The van der Waals surface area contributed by atoms with Crippen LogP contribution in [0.25, 0.3) is 10.6 Å². The van der Waals surface area contributed by atoms with Crippen LogP contribution in [0.5, 0.6) is 0 Å². The quantitative estimate of drug-likeness (QED) is 0.526. The number of rotatable bonds is 6. The van der Waals surface area contributed by atoms with E-state index in [-0.39, 0.29) is 11.9 Å². The molecule has 0 unspecified atom stereocenters. The number of aromatic nitrogens is 3. The molecular weight excluding hydrogens is 424 g/mol. The van der Waals surface area contributed by atoms with E-state index >= 15 is 0 Å². The minimum absolute atomic E-state index is 0.0827. The van der Waals surface area contributed by atoms with E-state index in [1.807, 2.05) is 18.2 Å². The second-order valence-electron chi connectivity index (χ2n) is 7.68. The molecule has 32 heavy (non-hydrogen) atoms. The molecule has 3 heterocycles. The van der Waals surface area contributed by atoms with Crippen LogP contribution in [0.2, 0.25) is 0 Å². The third-order valence-electron chi connectivity index (χ3n) is 4.88. The van der Waals surface area contributed by atoms with Crippen molar-refractivity contribution in [2.24, 2.45) is 0 Å². The molecule has 1 aromatic carbocycles. The molecule has 4 rings (SSSR count). The summed E-state index contributed by atoms with van der Waals surface area (Å²) in [5.41, 5.74) is 3.08. The number of nitrogens with one attached hydrogen (secondary N) is 3. The molecular formula is C22H24N8OS. The molecule has 0 atom stereocenters. The Morgan fingerprint density at radius 2 is 1.97 bits per heavy atom. The van der Waals surface area contributed by atoms with E-state index in [1.54, 1.807) is 23.2 Å². The van der Waals surface area contributed by atoms with Crippen LogP contribution in [0.4, 0.5) is 17.2 Å². The molecule has 1 saturated heterocycles. The van der Waals surface area contributed by atoms with Crippen LogP contribution in [0.1, 0.15) is 29.2 Å². The number of amides is 1. The highest BCUT2D eigenvalue weighted by Crippen LogP contribution is 2.33. The van der Waals surface area contributed by atoms with Gasteiger partial charge in [-0.2, -0.15) is 5.26 Å². The topological polar surface area (TPSA) is 119 Å². The second kappa shape index (κ2) is 9.72. The third kappa shape index (κ3) is 5.01. The van der Waals surface area contributed by atoms with E-state index in [1.165, 1.54) is 11.3 Å². The SMILES string of the molecule is CC(C)Nc1cc(Nc2ccc(C#N)cc2)ncc1-c1nnc(C(=O)N2CCNCC2)s1. The number of pyridine rings is 1. The van der Waals surface area contributed by atoms with Gasteiger partial charge in [-0.05, 0) is 38.1 Å². The van der Waals surface area contributed by atoms with Crippen molar-refractivity contribution in [3.05, 3.63) is 47.1 Å². The van der Waals surface area contributed by atoms with E-state index in [9.17, 15) is 4.79 Å². The summed E-state index contributed by atoms with van der Waals surface area (Å²) < 4.78 is 0. The first kappa shape index (κ1) is 21.7. The van der Waals surface area contributed by atoms with Crippen LogP contribution >= 0.6 is 11.3 Å². The van der Waals surface area contributed by atoms with Gasteiger partial charge in [-0.25, -0.2) is 4.98 Å². The Labute approximate surface area is 190 Å². The molecule has 1 aliphatic heterocycles. The van der Waals surface area contributed by atoms with Crippen molar-refractivity contribution in [3.63, 3.8) is 0 Å². The zero-order valence-electron chi connectivity index (χ0n) is 17.9. The second-order valence-corrected chi connectivity index (χ2v) is 8.66. The molecule has 0 bridgehead atoms. The van der Waals surface area contributed by atoms with Crippen LogP contribution < -0.4 is 16.0 Å². The normalized spacial score (nSPS) is 13.6. The molecule has 0 radical (unpaired) electrons. The first-order valence-corrected chi connectivity index (χ1v) is 11.2. The van der Waals surface area contributed by atoms with E-state index < -0.39 is 0 Å². The Bertz CT molecular complexity index is 1130. The first-order chi connectivity index (χ1) is 15.5. The molecule has 0 saturated carbocycles. The van der Waals surface area contributed by atoms with E-state index in [0.717, 1.165) is 30.0 Å². The number of carbonyl (C=O) groups is 1. The lowest BCUT2D eigenvalue weighted by Crippen LogP contribution is -2.46. The highest BCUT2D eigenvalue weighted by atomic mass is 32.1. The molecule has 3 aromatic rings. The number of piperazine rings is 1. The highest BCUT2D eigenvalue weighted by molar-refractivity contribution is 7.16. The number of carbonyl (C=O) groups excluding carboxylic acids is 1. The number of hydrogen-bond donors (Lipinski definition) is 3. The molecule has 0 aliphatic carbocycles. The summed E-state index contributed by atoms with van der Waals surface area (Å²) in [5.74, 6) is 0.573. The van der Waals surface area contributed by atoms with Crippen LogP contribution in [0.15, 0.2) is 36.5 Å². The lowest BCUT2D eigenvalue weighted by Gasteiger charge is -2.26. The lowest BCUT2D eigenvalue weighted by molar-refractivity contribution is 0.0734. The summed E-state index contributed by atoms with van der Waals surface area (Å²) >= 11 is 1.28. The maximum Gasteiger partial charge on any atom is 0.284 e. The summed E-state index contributed by atoms with van der Waals surface area (Å²) in [5, 5.41) is 28.3. The van der Waals surface area contributed by atoms with Gasteiger partial charge in [0, 0.05) is 55.9 Å². The van der Waals surface area contributed by atoms with Gasteiger partial charge in [-0.15, -0.1) is 10.2 Å². The number of anilines is 3. The minimum atomic E-state index is -0.0827. The minimum Gasteiger partial charge on any atom is -0.382 e. The molecule has 164 valence electrons. The Morgan fingerprint density at radius 3 is 2.66 bits per heavy atom. The monoisotopic (exact) mass is 448 g/mol. The van der Waals surface area contributed by atoms with Crippen LogP contribution in [0.3, 0.4) is 0 Å². The van der Waals surface area contributed by atoms with E-state index in [4.69, 9.17) is 5.26 Å². The molecule has 10 heteroatoms. The zero-order valence-corrected chi connectivity index (χ0v) is 18.7. The van der Waals surface area contributed by atoms with Gasteiger partial charge in [-0.1, -0.05) is 11.3 Å². The summed E-state index contributed by atoms with van der Waals surface area (Å²) in [6.45, 7) is 7.03. The lowest BCUT2D eigenvalue weighted by atomic mass is 10.2. The largest absolute Gasteiger partial charge is 0.382 e. The molecule has 1 fully saturated rings. The van der Waals surface area contributed by atoms with Crippen molar-refractivity contribution in [1.82, 2.24) is 25.4 Å². The molecule has 2 aromatic heterocycles. The van der Waals surface area contributed by atoms with Gasteiger partial charge in [0.2, 0.25) is 5.01 Å². The van der Waals surface area contributed by atoms with E-state index in [2.05, 4.69) is 51.0 Å². The number of nitrogens with zero attached hydrogens (tertiary/aromatic N) is 5. The predicted molar refractivity (Wildman–Crippen MR) is 125 cm³/mol. The van der Waals surface area contributed by atoms with Crippen molar-refractivity contribution in [1.29, 1.82) is 5.26 Å². The molecule has 3 N–H and O–H groups in total. The van der Waals surface area contributed by atoms with E-state index in [0.29, 0.717) is 34.5 Å². The van der Waals surface area contributed by atoms with Crippen LogP contribution in [-0.4, -0.2) is 58.2 Å². The van der Waals surface area contributed by atoms with Crippen LogP contribution in [-0.2, 0) is 0 Å². The van der Waals surface area contributed by atoms with Gasteiger partial charge in [0.15, 0.2) is 5.01 Å². The Kier molecular flexibility index (Phi) is 6.58. The Morgan fingerprint density at radius 1 is 1.22 bits per heavy atom. The van der Waals surface area contributed by atoms with Crippen LogP contribution in [0, 0.1) is 11.3 Å². The predicted octanol–water partition coefficient (Wildman–Crippen LogP) is 3.08. The fraction of sp³-hybridized carbons (Fsp3) is 0.318. The summed E-state index contributed by atoms with van der Waals surface area (Å²) in [4.78, 5) is 19.1. The zero-order chi connectivity index (χ0) is 22.5. The van der Waals surface area contributed by atoms with Gasteiger partial charge < -0.3 is 20.9 Å². The number of hydrogen-bond acceptors (Lipinski definition) is 9. The molecule has 1 aliphatic rings. The smallest absolute Gasteiger partial charge is 0.284 e. The Balaban J connectivity index is 1.58. The average molecular weight is 449 g/mol. The van der Waals surface area contributed by atoms with Crippen molar-refractivity contribution >= 4 is 34.4 Å². The molecule has 1 amide bonds. The number of benzene rings is 1. The summed E-state index contributed by atoms with van der Waals surface area (Å²) in [6, 6.07) is 11.4. The molecule has 9 nitrogen and oxygen atoms in total.